The maximum absolute atomic E-state index is 12.5. The average Bonchev–Trinajstić information content (AvgIpc) is 2.93. The minimum Gasteiger partial charge on any atom is -0.454 e. The molecule has 0 spiro atoms. The SMILES string of the molecule is O=C(c1ccccc1)c1cc2c(cc1CBr)OCO2. The summed E-state index contributed by atoms with van der Waals surface area (Å²) in [6.07, 6.45) is 0. The Bertz CT molecular complexity index is 623. The number of halogens is 1. The van der Waals surface area contributed by atoms with Gasteiger partial charge in [0.05, 0.1) is 0 Å². The minimum absolute atomic E-state index is 0.00616. The Hall–Kier alpha value is -1.81. The van der Waals surface area contributed by atoms with Gasteiger partial charge in [0.1, 0.15) is 0 Å². The molecule has 2 aromatic rings. The van der Waals surface area contributed by atoms with Gasteiger partial charge in [-0.15, -0.1) is 0 Å². The van der Waals surface area contributed by atoms with Gasteiger partial charge in [0.2, 0.25) is 6.79 Å². The van der Waals surface area contributed by atoms with E-state index < -0.39 is 0 Å². The molecular weight excluding hydrogens is 308 g/mol. The summed E-state index contributed by atoms with van der Waals surface area (Å²) >= 11 is 3.41. The van der Waals surface area contributed by atoms with E-state index in [-0.39, 0.29) is 12.6 Å². The molecule has 0 saturated carbocycles. The summed E-state index contributed by atoms with van der Waals surface area (Å²) in [5.41, 5.74) is 2.22. The van der Waals surface area contributed by atoms with Gasteiger partial charge in [0.25, 0.3) is 0 Å². The van der Waals surface area contributed by atoms with Crippen molar-refractivity contribution in [1.29, 1.82) is 0 Å². The number of fused-ring (bicyclic) bond motifs is 1. The van der Waals surface area contributed by atoms with Crippen molar-refractivity contribution in [3.8, 4) is 11.5 Å². The number of ketones is 1. The molecule has 2 aromatic carbocycles. The molecule has 0 atom stereocenters. The molecule has 4 heteroatoms. The molecule has 0 aromatic heterocycles. The quantitative estimate of drug-likeness (QED) is 0.641. The van der Waals surface area contributed by atoms with E-state index in [9.17, 15) is 4.79 Å². The van der Waals surface area contributed by atoms with Crippen LogP contribution in [0.5, 0.6) is 11.5 Å². The van der Waals surface area contributed by atoms with Gasteiger partial charge in [-0.05, 0) is 17.7 Å². The molecule has 0 unspecified atom stereocenters. The lowest BCUT2D eigenvalue weighted by Gasteiger charge is -2.08. The number of benzene rings is 2. The van der Waals surface area contributed by atoms with Crippen LogP contribution >= 0.6 is 15.9 Å². The third-order valence-corrected chi connectivity index (χ3v) is 3.63. The molecule has 1 heterocycles. The standard InChI is InChI=1S/C15H11BrO3/c16-8-11-6-13-14(19-9-18-13)7-12(11)15(17)10-4-2-1-3-5-10/h1-7H,8-9H2. The van der Waals surface area contributed by atoms with Gasteiger partial charge in [0.15, 0.2) is 17.3 Å². The first-order valence-corrected chi connectivity index (χ1v) is 7.00. The van der Waals surface area contributed by atoms with E-state index in [0.717, 1.165) is 5.56 Å². The van der Waals surface area contributed by atoms with E-state index in [1.165, 1.54) is 0 Å². The van der Waals surface area contributed by atoms with Crippen LogP contribution < -0.4 is 9.47 Å². The summed E-state index contributed by atoms with van der Waals surface area (Å²) in [7, 11) is 0. The molecule has 96 valence electrons. The molecular formula is C15H11BrO3. The molecule has 0 N–H and O–H groups in total. The Morgan fingerprint density at radius 3 is 2.47 bits per heavy atom. The van der Waals surface area contributed by atoms with Gasteiger partial charge in [0, 0.05) is 16.5 Å². The fourth-order valence-corrected chi connectivity index (χ4v) is 2.51. The predicted octanol–water partition coefficient (Wildman–Crippen LogP) is 3.54. The molecule has 0 aliphatic carbocycles. The summed E-state index contributed by atoms with van der Waals surface area (Å²) in [6.45, 7) is 0.208. The second-order valence-electron chi connectivity index (χ2n) is 4.19. The molecule has 0 amide bonds. The Morgan fingerprint density at radius 1 is 1.11 bits per heavy atom. The molecule has 3 nitrogen and oxygen atoms in total. The van der Waals surface area contributed by atoms with Crippen LogP contribution in [0.4, 0.5) is 0 Å². The number of hydrogen-bond acceptors (Lipinski definition) is 3. The van der Waals surface area contributed by atoms with Gasteiger partial charge >= 0.3 is 0 Å². The van der Waals surface area contributed by atoms with E-state index >= 15 is 0 Å². The van der Waals surface area contributed by atoms with Crippen molar-refractivity contribution in [2.24, 2.45) is 0 Å². The lowest BCUT2D eigenvalue weighted by molar-refractivity contribution is 0.103. The zero-order valence-electron chi connectivity index (χ0n) is 10.1. The van der Waals surface area contributed by atoms with Crippen molar-refractivity contribution in [2.45, 2.75) is 5.33 Å². The molecule has 1 aliphatic heterocycles. The van der Waals surface area contributed by atoms with Crippen molar-refractivity contribution < 1.29 is 14.3 Å². The van der Waals surface area contributed by atoms with Crippen molar-refractivity contribution in [3.05, 3.63) is 59.2 Å². The lowest BCUT2D eigenvalue weighted by Crippen LogP contribution is -2.04. The van der Waals surface area contributed by atoms with Crippen molar-refractivity contribution >= 4 is 21.7 Å². The first-order valence-electron chi connectivity index (χ1n) is 5.88. The highest BCUT2D eigenvalue weighted by atomic mass is 79.9. The number of carbonyl (C=O) groups excluding carboxylic acids is 1. The third-order valence-electron chi connectivity index (χ3n) is 3.02. The maximum Gasteiger partial charge on any atom is 0.231 e. The number of hydrogen-bond donors (Lipinski definition) is 0. The average molecular weight is 319 g/mol. The fraction of sp³-hybridized carbons (Fsp3) is 0.133. The van der Waals surface area contributed by atoms with Gasteiger partial charge in [-0.2, -0.15) is 0 Å². The van der Waals surface area contributed by atoms with Crippen LogP contribution in [0.15, 0.2) is 42.5 Å². The number of ether oxygens (including phenoxy) is 2. The number of alkyl halides is 1. The minimum atomic E-state index is -0.00616. The molecule has 3 rings (SSSR count). The normalized spacial score (nSPS) is 12.5. The van der Waals surface area contributed by atoms with Crippen LogP contribution in [0.1, 0.15) is 21.5 Å². The second-order valence-corrected chi connectivity index (χ2v) is 4.75. The number of carbonyl (C=O) groups is 1. The van der Waals surface area contributed by atoms with Crippen LogP contribution in [0.2, 0.25) is 0 Å². The topological polar surface area (TPSA) is 35.5 Å². The molecule has 0 saturated heterocycles. The zero-order valence-corrected chi connectivity index (χ0v) is 11.6. The van der Waals surface area contributed by atoms with E-state index in [1.54, 1.807) is 6.07 Å². The smallest absolute Gasteiger partial charge is 0.231 e. The fourth-order valence-electron chi connectivity index (χ4n) is 2.05. The maximum atomic E-state index is 12.5. The summed E-state index contributed by atoms with van der Waals surface area (Å²) in [5, 5.41) is 0.595. The van der Waals surface area contributed by atoms with Crippen molar-refractivity contribution in [3.63, 3.8) is 0 Å². The van der Waals surface area contributed by atoms with Gasteiger partial charge in [-0.1, -0.05) is 46.3 Å². The van der Waals surface area contributed by atoms with Crippen LogP contribution in [-0.4, -0.2) is 12.6 Å². The Morgan fingerprint density at radius 2 is 1.79 bits per heavy atom. The Labute approximate surface area is 119 Å². The van der Waals surface area contributed by atoms with Crippen molar-refractivity contribution in [2.75, 3.05) is 6.79 Å². The largest absolute Gasteiger partial charge is 0.454 e. The van der Waals surface area contributed by atoms with Crippen LogP contribution in [0.25, 0.3) is 0 Å². The van der Waals surface area contributed by atoms with E-state index in [4.69, 9.17) is 9.47 Å². The summed E-state index contributed by atoms with van der Waals surface area (Å²) in [5.74, 6) is 1.32. The Kier molecular flexibility index (Phi) is 3.25. The molecule has 1 aliphatic rings. The predicted molar refractivity (Wildman–Crippen MR) is 75.1 cm³/mol. The molecule has 0 fully saturated rings. The molecule has 0 bridgehead atoms. The summed E-state index contributed by atoms with van der Waals surface area (Å²) < 4.78 is 10.7. The zero-order chi connectivity index (χ0) is 13.2. The highest BCUT2D eigenvalue weighted by Gasteiger charge is 2.21. The summed E-state index contributed by atoms with van der Waals surface area (Å²) in [6, 6.07) is 12.8. The van der Waals surface area contributed by atoms with Gasteiger partial charge in [-0.3, -0.25) is 4.79 Å². The highest BCUT2D eigenvalue weighted by Crippen LogP contribution is 2.36. The van der Waals surface area contributed by atoms with Gasteiger partial charge < -0.3 is 9.47 Å². The second kappa shape index (κ2) is 5.05. The summed E-state index contributed by atoms with van der Waals surface area (Å²) in [4.78, 5) is 12.5. The van der Waals surface area contributed by atoms with E-state index in [2.05, 4.69) is 15.9 Å². The third kappa shape index (κ3) is 2.24. The van der Waals surface area contributed by atoms with Gasteiger partial charge in [-0.25, -0.2) is 0 Å². The van der Waals surface area contributed by atoms with Crippen LogP contribution in [0.3, 0.4) is 0 Å². The Balaban J connectivity index is 2.07. The molecule has 0 radical (unpaired) electrons. The van der Waals surface area contributed by atoms with Crippen LogP contribution in [-0.2, 0) is 5.33 Å². The first kappa shape index (κ1) is 12.2. The lowest BCUT2D eigenvalue weighted by atomic mass is 9.98. The van der Waals surface area contributed by atoms with Crippen molar-refractivity contribution in [1.82, 2.24) is 0 Å². The highest BCUT2D eigenvalue weighted by molar-refractivity contribution is 9.08. The number of rotatable bonds is 3. The van der Waals surface area contributed by atoms with E-state index in [1.807, 2.05) is 36.4 Å². The van der Waals surface area contributed by atoms with E-state index in [0.29, 0.717) is 28.0 Å². The monoisotopic (exact) mass is 318 g/mol. The molecule has 19 heavy (non-hydrogen) atoms. The van der Waals surface area contributed by atoms with Crippen LogP contribution in [0, 0.1) is 0 Å². The first-order chi connectivity index (χ1) is 9.29.